The molecule has 2 bridgehead atoms. The van der Waals surface area contributed by atoms with Crippen molar-refractivity contribution >= 4 is 17.6 Å². The van der Waals surface area contributed by atoms with E-state index in [0.29, 0.717) is 43.6 Å². The van der Waals surface area contributed by atoms with Crippen molar-refractivity contribution in [1.82, 2.24) is 0 Å². The van der Waals surface area contributed by atoms with Gasteiger partial charge in [-0.2, -0.15) is 0 Å². The van der Waals surface area contributed by atoms with Gasteiger partial charge in [-0.3, -0.25) is 4.79 Å². The number of aliphatic hydroxyl groups is 3. The number of carboxylic acids is 1. The number of benzene rings is 5. The molecule has 0 radical (unpaired) electrons. The molecule has 9 aliphatic rings. The summed E-state index contributed by atoms with van der Waals surface area (Å²) in [4.78, 5) is 14.5. The minimum Gasteiger partial charge on any atom is -0.516 e. The number of carbonyl (C=O) groups is 1. The van der Waals surface area contributed by atoms with Gasteiger partial charge in [-0.1, -0.05) is 191 Å². The van der Waals surface area contributed by atoms with E-state index < -0.39 is 46.3 Å². The number of aryl methyl sites for hydroxylation is 1. The van der Waals surface area contributed by atoms with E-state index in [1.165, 1.54) is 69.4 Å². The molecule has 0 saturated heterocycles. The van der Waals surface area contributed by atoms with Crippen molar-refractivity contribution in [3.63, 3.8) is 0 Å². The third-order valence-electron chi connectivity index (χ3n) is 26.9. The van der Waals surface area contributed by atoms with Crippen LogP contribution in [-0.4, -0.2) is 57.4 Å². The average Bonchev–Trinajstić information content (AvgIpc) is 1.57. The van der Waals surface area contributed by atoms with Gasteiger partial charge >= 0.3 is 5.97 Å². The number of phenolic OH excluding ortho intramolecular Hbond substituents is 1. The number of carboxylic acid groups (broad SMARTS) is 1. The SMILES string of the molecule is COCCc1ccc([C@H](CCc2ccccc2)C2CCC([C@@]34C[C@@H](O)[C@H]([C@@H](CC/C(=C\O)[C@@H](C)C5CCCCC5)C(=O)O)[C@@]3(C)CCC3=C4C[C@@]45C=CC[C@]6(C)[C@@H](O)CC[C@@]3([C@H]3C=c7ccccc7=C(Cc7cccc(-c8ccc(O)cc8)c7)C3=C4)[C@@H]56)CC2)cc1. The number of ether oxygens (including phenoxy) is 1. The summed E-state index contributed by atoms with van der Waals surface area (Å²) in [6.07, 6.45) is 30.8. The molecule has 7 nitrogen and oxygen atoms in total. The summed E-state index contributed by atoms with van der Waals surface area (Å²) in [7, 11) is 1.78. The Morgan fingerprint density at radius 2 is 1.48 bits per heavy atom. The molecule has 91 heavy (non-hydrogen) atoms. The first-order valence-electron chi connectivity index (χ1n) is 35.5. The van der Waals surface area contributed by atoms with Crippen molar-refractivity contribution in [1.29, 1.82) is 0 Å². The molecule has 0 unspecified atom stereocenters. The second-order valence-corrected chi connectivity index (χ2v) is 30.9. The number of aromatic hydroxyl groups is 1. The number of allylic oxidation sites excluding steroid dienone is 7. The van der Waals surface area contributed by atoms with Crippen LogP contribution in [0.2, 0.25) is 0 Å². The van der Waals surface area contributed by atoms with E-state index in [9.17, 15) is 30.3 Å². The van der Waals surface area contributed by atoms with Crippen molar-refractivity contribution in [2.24, 2.45) is 74.4 Å². The molecule has 0 amide bonds. The van der Waals surface area contributed by atoms with Crippen molar-refractivity contribution in [2.45, 2.75) is 180 Å². The van der Waals surface area contributed by atoms with E-state index in [0.717, 1.165) is 119 Å². The van der Waals surface area contributed by atoms with Gasteiger partial charge in [0, 0.05) is 40.6 Å². The zero-order valence-electron chi connectivity index (χ0n) is 54.7. The summed E-state index contributed by atoms with van der Waals surface area (Å²) >= 11 is 0. The van der Waals surface area contributed by atoms with E-state index in [1.54, 1.807) is 30.4 Å². The molecule has 478 valence electrons. The van der Waals surface area contributed by atoms with Crippen molar-refractivity contribution in [2.75, 3.05) is 13.7 Å². The third-order valence-corrected chi connectivity index (χ3v) is 26.9. The number of fused-ring (bicyclic) bond motifs is 4. The summed E-state index contributed by atoms with van der Waals surface area (Å²) in [6.45, 7) is 7.86. The van der Waals surface area contributed by atoms with E-state index in [2.05, 4.69) is 148 Å². The highest BCUT2D eigenvalue weighted by Crippen LogP contribution is 2.82. The summed E-state index contributed by atoms with van der Waals surface area (Å²) in [6, 6.07) is 46.1. The lowest BCUT2D eigenvalue weighted by Crippen LogP contribution is -2.68. The Balaban J connectivity index is 0.901. The number of phenols is 1. The average molecular weight is 1220 g/mol. The standard InChI is InChI=1S/C84H100O7/c1-54(58-18-9-6-10-19-58)64(53-85)32-38-69(78(89)90)77-75(87)52-84(65-33-28-61(29-34-65)67(37-25-55-15-7-5-8-16-55)60-26-23-56(24-27-60)41-46-91-4)74-51-82-43-14-42-80(2)76(88)40-45-83(79(80)82,72(74)39-44-81(77,84)3)73-49-63-20-11-12-22-68(63)70(71(73)50-82)48-57-17-13-21-62(47-57)59-30-35-66(86)36-31-59/h5,7-8,11-17,20-24,26-27,30-31,35-36,43,47,49-50,53-54,58,61,65,67,69,73,75-77,79,85-88H,6,9-10,18-19,25,28-29,32-34,37-42,44-46,48,51-52H2,1-4H3,(H,89,90)/b64-53+/t54-,61?,65?,67-,69+,73-,75+,76-,77-,79+,80+,81+,82+,83+,84+/m0/s1. The molecule has 4 saturated carbocycles. The number of aliphatic carboxylic acids is 1. The fourth-order valence-electron chi connectivity index (χ4n) is 22.8. The van der Waals surface area contributed by atoms with Crippen LogP contribution in [0.25, 0.3) is 22.8 Å². The number of hydrogen-bond acceptors (Lipinski definition) is 6. The molecule has 5 aromatic carbocycles. The maximum absolute atomic E-state index is 14.5. The fourth-order valence-corrected chi connectivity index (χ4v) is 22.8. The van der Waals surface area contributed by atoms with Crippen LogP contribution in [0.3, 0.4) is 0 Å². The van der Waals surface area contributed by atoms with E-state index in [4.69, 9.17) is 4.74 Å². The number of hydrogen-bond donors (Lipinski definition) is 5. The minimum atomic E-state index is -0.814. The molecule has 14 rings (SSSR count). The van der Waals surface area contributed by atoms with Gasteiger partial charge in [-0.15, -0.1) is 0 Å². The molecule has 4 fully saturated rings. The Bertz CT molecular complexity index is 3750. The minimum absolute atomic E-state index is 0.0477. The van der Waals surface area contributed by atoms with Crippen LogP contribution >= 0.6 is 0 Å². The third kappa shape index (κ3) is 10.5. The van der Waals surface area contributed by atoms with E-state index in [-0.39, 0.29) is 40.3 Å². The maximum Gasteiger partial charge on any atom is 0.306 e. The summed E-state index contributed by atoms with van der Waals surface area (Å²) in [5.41, 5.74) is 12.3. The Labute approximate surface area is 541 Å². The Hall–Kier alpha value is -6.25. The van der Waals surface area contributed by atoms with Gasteiger partial charge in [0.1, 0.15) is 5.75 Å². The van der Waals surface area contributed by atoms with E-state index in [1.807, 2.05) is 12.1 Å². The lowest BCUT2D eigenvalue weighted by molar-refractivity contribution is -0.164. The second-order valence-electron chi connectivity index (χ2n) is 30.9. The first kappa shape index (κ1) is 62.2. The van der Waals surface area contributed by atoms with Crippen LogP contribution < -0.4 is 10.4 Å². The molecule has 0 aliphatic heterocycles. The van der Waals surface area contributed by atoms with Gasteiger partial charge in [-0.05, 0) is 236 Å². The first-order valence-corrected chi connectivity index (χ1v) is 35.5. The largest absolute Gasteiger partial charge is 0.516 e. The second kappa shape index (κ2) is 24.9. The van der Waals surface area contributed by atoms with Crippen molar-refractivity contribution < 1.29 is 35.1 Å². The Morgan fingerprint density at radius 3 is 2.23 bits per heavy atom. The van der Waals surface area contributed by atoms with Crippen LogP contribution in [0.15, 0.2) is 174 Å². The van der Waals surface area contributed by atoms with Crippen LogP contribution in [0, 0.1) is 74.4 Å². The summed E-state index contributed by atoms with van der Waals surface area (Å²) in [5, 5.41) is 62.0. The molecular formula is C84H100O7. The molecule has 5 N–H and O–H groups in total. The van der Waals surface area contributed by atoms with Gasteiger partial charge in [0.25, 0.3) is 0 Å². The highest BCUT2D eigenvalue weighted by Gasteiger charge is 2.76. The lowest BCUT2D eigenvalue weighted by Gasteiger charge is -2.73. The van der Waals surface area contributed by atoms with Gasteiger partial charge in [-0.25, -0.2) is 0 Å². The molecule has 13 atom stereocenters. The zero-order valence-corrected chi connectivity index (χ0v) is 54.7. The molecule has 7 heteroatoms. The van der Waals surface area contributed by atoms with Gasteiger partial charge in [0.15, 0.2) is 0 Å². The maximum atomic E-state index is 14.5. The summed E-state index contributed by atoms with van der Waals surface area (Å²) in [5.74, 6) is 0.135. The first-order chi connectivity index (χ1) is 44.1. The number of methoxy groups -OCH3 is 1. The van der Waals surface area contributed by atoms with Crippen LogP contribution in [0.5, 0.6) is 5.75 Å². The quantitative estimate of drug-likeness (QED) is 0.0412. The fraction of sp³-hybridized carbons (Fsp3) is 0.512. The Kier molecular flexibility index (Phi) is 17.0. The number of rotatable bonds is 19. The highest BCUT2D eigenvalue weighted by molar-refractivity contribution is 5.77. The predicted octanol–water partition coefficient (Wildman–Crippen LogP) is 16.9. The van der Waals surface area contributed by atoms with Crippen molar-refractivity contribution in [3.8, 4) is 16.9 Å². The smallest absolute Gasteiger partial charge is 0.306 e. The van der Waals surface area contributed by atoms with Crippen LogP contribution in [0.4, 0.5) is 0 Å². The van der Waals surface area contributed by atoms with Gasteiger partial charge in [0.05, 0.1) is 31.0 Å². The monoisotopic (exact) mass is 1220 g/mol. The normalized spacial score (nSPS) is 33.5. The van der Waals surface area contributed by atoms with Crippen molar-refractivity contribution in [3.05, 3.63) is 207 Å². The van der Waals surface area contributed by atoms with Gasteiger partial charge < -0.3 is 30.3 Å². The number of aliphatic hydroxyl groups excluding tert-OH is 3. The molecule has 5 aromatic rings. The highest BCUT2D eigenvalue weighted by atomic mass is 16.5. The molecule has 0 heterocycles. The molecular weight excluding hydrogens is 1120 g/mol. The van der Waals surface area contributed by atoms with Crippen LogP contribution in [-0.2, 0) is 28.8 Å². The topological polar surface area (TPSA) is 127 Å². The lowest BCUT2D eigenvalue weighted by atomic mass is 9.30. The summed E-state index contributed by atoms with van der Waals surface area (Å²) < 4.78 is 5.50. The Morgan fingerprint density at radius 1 is 0.747 bits per heavy atom. The predicted molar refractivity (Wildman–Crippen MR) is 365 cm³/mol. The molecule has 9 aliphatic carbocycles. The molecule has 0 spiro atoms. The van der Waals surface area contributed by atoms with E-state index >= 15 is 0 Å². The van der Waals surface area contributed by atoms with Gasteiger partial charge in [0.2, 0.25) is 0 Å². The van der Waals surface area contributed by atoms with Crippen LogP contribution in [0.1, 0.15) is 171 Å². The zero-order chi connectivity index (χ0) is 62.9. The molecule has 0 aromatic heterocycles.